The zero-order valence-corrected chi connectivity index (χ0v) is 10.0. The van der Waals surface area contributed by atoms with Gasteiger partial charge in [0.25, 0.3) is 0 Å². The molecule has 3 nitrogen and oxygen atoms in total. The number of carbonyl (C=O) groups excluding carboxylic acids is 1. The van der Waals surface area contributed by atoms with Gasteiger partial charge in [0.2, 0.25) is 0 Å². The number of aliphatic imine (C=N–C) groups is 1. The Kier molecular flexibility index (Phi) is 4.58. The number of Topliss-reactive ketones (excluding diaryl/α,β-unsaturated/α-hetero) is 1. The first-order chi connectivity index (χ1) is 7.69. The zero-order chi connectivity index (χ0) is 12.0. The van der Waals surface area contributed by atoms with Crippen molar-refractivity contribution >= 4 is 28.6 Å². The molecule has 0 saturated heterocycles. The summed E-state index contributed by atoms with van der Waals surface area (Å²) in [6.07, 6.45) is 5.18. The van der Waals surface area contributed by atoms with E-state index >= 15 is 0 Å². The van der Waals surface area contributed by atoms with Crippen molar-refractivity contribution in [3.8, 4) is 0 Å². The summed E-state index contributed by atoms with van der Waals surface area (Å²) in [5.41, 5.74) is 1.33. The van der Waals surface area contributed by atoms with Crippen LogP contribution in [0.2, 0.25) is 0 Å². The highest BCUT2D eigenvalue weighted by atomic mass is 32.1. The maximum absolute atomic E-state index is 11.1. The van der Waals surface area contributed by atoms with Crippen molar-refractivity contribution in [3.05, 3.63) is 40.9 Å². The molecular formula is C12H12N2OS. The largest absolute Gasteiger partial charge is 0.293 e. The molecule has 1 aromatic heterocycles. The van der Waals surface area contributed by atoms with E-state index in [1.165, 1.54) is 18.3 Å². The summed E-state index contributed by atoms with van der Waals surface area (Å²) < 4.78 is 0. The van der Waals surface area contributed by atoms with Gasteiger partial charge < -0.3 is 0 Å². The molecule has 1 rings (SSSR count). The Balaban J connectivity index is 3.12. The van der Waals surface area contributed by atoms with Crippen LogP contribution in [0.25, 0.3) is 5.57 Å². The molecule has 1 aromatic rings. The molecule has 1 heterocycles. The number of ketones is 1. The molecule has 82 valence electrons. The van der Waals surface area contributed by atoms with Crippen LogP contribution in [0, 0.1) is 0 Å². The number of allylic oxidation sites excluding steroid dienone is 4. The third-order valence-electron chi connectivity index (χ3n) is 1.76. The van der Waals surface area contributed by atoms with E-state index in [0.717, 1.165) is 10.6 Å². The van der Waals surface area contributed by atoms with Gasteiger partial charge >= 0.3 is 0 Å². The molecular weight excluding hydrogens is 220 g/mol. The summed E-state index contributed by atoms with van der Waals surface area (Å²) in [4.78, 5) is 19.1. The Labute approximate surface area is 98.6 Å². The van der Waals surface area contributed by atoms with Crippen LogP contribution in [-0.4, -0.2) is 23.7 Å². The lowest BCUT2D eigenvalue weighted by atomic mass is 10.2. The standard InChI is InChI=1S/C12H12N2OS/c1-4-5-10(6-7-13-3)12-14-11(8-16-12)9(2)15/h4-6,8H,1H2,2-3H3. The number of carbonyl (C=O) groups is 1. The van der Waals surface area contributed by atoms with E-state index in [-0.39, 0.29) is 5.78 Å². The highest BCUT2D eigenvalue weighted by molar-refractivity contribution is 7.11. The minimum atomic E-state index is -0.0337. The third kappa shape index (κ3) is 3.12. The summed E-state index contributed by atoms with van der Waals surface area (Å²) in [7, 11) is 1.64. The fourth-order valence-electron chi connectivity index (χ4n) is 1.01. The average Bonchev–Trinajstić information content (AvgIpc) is 2.73. The Morgan fingerprint density at radius 3 is 2.94 bits per heavy atom. The van der Waals surface area contributed by atoms with Crippen LogP contribution in [0.3, 0.4) is 0 Å². The van der Waals surface area contributed by atoms with E-state index in [1.54, 1.807) is 30.7 Å². The summed E-state index contributed by atoms with van der Waals surface area (Å²) in [5, 5.41) is 2.51. The van der Waals surface area contributed by atoms with Crippen molar-refractivity contribution in [1.29, 1.82) is 0 Å². The predicted molar refractivity (Wildman–Crippen MR) is 68.2 cm³/mol. The van der Waals surface area contributed by atoms with E-state index < -0.39 is 0 Å². The Bertz CT molecular complexity index is 491. The van der Waals surface area contributed by atoms with Crippen LogP contribution < -0.4 is 0 Å². The van der Waals surface area contributed by atoms with Crippen LogP contribution in [-0.2, 0) is 0 Å². The van der Waals surface area contributed by atoms with Gasteiger partial charge in [0, 0.05) is 31.0 Å². The number of rotatable bonds is 4. The smallest absolute Gasteiger partial charge is 0.178 e. The molecule has 0 aromatic carbocycles. The van der Waals surface area contributed by atoms with Crippen LogP contribution >= 0.6 is 11.3 Å². The molecule has 0 aliphatic rings. The lowest BCUT2D eigenvalue weighted by Crippen LogP contribution is -1.92. The average molecular weight is 232 g/mol. The summed E-state index contributed by atoms with van der Waals surface area (Å²) in [5.74, 6) is 2.70. The third-order valence-corrected chi connectivity index (χ3v) is 2.65. The Morgan fingerprint density at radius 1 is 1.69 bits per heavy atom. The Hall–Kier alpha value is -1.77. The molecule has 0 aliphatic heterocycles. The quantitative estimate of drug-likeness (QED) is 0.455. The molecule has 0 unspecified atom stereocenters. The van der Waals surface area contributed by atoms with Gasteiger partial charge in [-0.2, -0.15) is 0 Å². The van der Waals surface area contributed by atoms with Gasteiger partial charge in [-0.05, 0) is 5.87 Å². The molecule has 0 bridgehead atoms. The molecule has 0 N–H and O–H groups in total. The minimum Gasteiger partial charge on any atom is -0.293 e. The summed E-state index contributed by atoms with van der Waals surface area (Å²) in [6.45, 7) is 5.13. The number of hydrogen-bond acceptors (Lipinski definition) is 4. The molecule has 0 saturated carbocycles. The lowest BCUT2D eigenvalue weighted by Gasteiger charge is -1.92. The number of aromatic nitrogens is 1. The van der Waals surface area contributed by atoms with Gasteiger partial charge in [-0.1, -0.05) is 18.7 Å². The van der Waals surface area contributed by atoms with E-state index in [0.29, 0.717) is 5.69 Å². The van der Waals surface area contributed by atoms with Gasteiger partial charge in [0.15, 0.2) is 5.78 Å². The molecule has 0 atom stereocenters. The number of hydrogen-bond donors (Lipinski definition) is 0. The van der Waals surface area contributed by atoms with Crippen LogP contribution in [0.1, 0.15) is 22.4 Å². The van der Waals surface area contributed by atoms with E-state index in [4.69, 9.17) is 0 Å². The van der Waals surface area contributed by atoms with Crippen LogP contribution in [0.4, 0.5) is 0 Å². The van der Waals surface area contributed by atoms with Gasteiger partial charge in [-0.3, -0.25) is 4.79 Å². The Morgan fingerprint density at radius 2 is 2.44 bits per heavy atom. The summed E-state index contributed by atoms with van der Waals surface area (Å²) >= 11 is 1.42. The first-order valence-electron chi connectivity index (χ1n) is 4.66. The topological polar surface area (TPSA) is 42.3 Å². The minimum absolute atomic E-state index is 0.0337. The van der Waals surface area contributed by atoms with E-state index in [1.807, 2.05) is 0 Å². The monoisotopic (exact) mass is 232 g/mol. The first kappa shape index (κ1) is 12.3. The van der Waals surface area contributed by atoms with Crippen LogP contribution in [0.15, 0.2) is 35.2 Å². The number of nitrogens with zero attached hydrogens (tertiary/aromatic N) is 2. The maximum atomic E-state index is 11.1. The fraction of sp³-hybridized carbons (Fsp3) is 0.167. The van der Waals surface area contributed by atoms with Gasteiger partial charge in [0.1, 0.15) is 10.7 Å². The van der Waals surface area contributed by atoms with Crippen molar-refractivity contribution in [2.24, 2.45) is 4.99 Å². The van der Waals surface area contributed by atoms with E-state index in [2.05, 4.69) is 22.4 Å². The molecule has 0 aliphatic carbocycles. The van der Waals surface area contributed by atoms with Crippen molar-refractivity contribution in [1.82, 2.24) is 4.98 Å². The highest BCUT2D eigenvalue weighted by Crippen LogP contribution is 2.20. The van der Waals surface area contributed by atoms with Crippen LogP contribution in [0.5, 0.6) is 0 Å². The normalized spacial score (nSPS) is 10.5. The van der Waals surface area contributed by atoms with Gasteiger partial charge in [-0.15, -0.1) is 11.3 Å². The second-order valence-corrected chi connectivity index (χ2v) is 3.81. The highest BCUT2D eigenvalue weighted by Gasteiger charge is 2.07. The predicted octanol–water partition coefficient (Wildman–Crippen LogP) is 2.77. The van der Waals surface area contributed by atoms with Gasteiger partial charge in [-0.25, -0.2) is 9.98 Å². The van der Waals surface area contributed by atoms with E-state index in [9.17, 15) is 4.79 Å². The molecule has 16 heavy (non-hydrogen) atoms. The first-order valence-corrected chi connectivity index (χ1v) is 5.54. The SMILES string of the molecule is C=CC=C(C=C=NC)c1nc(C(C)=O)cs1. The van der Waals surface area contributed by atoms with Crippen molar-refractivity contribution in [3.63, 3.8) is 0 Å². The summed E-state index contributed by atoms with van der Waals surface area (Å²) in [6, 6.07) is 0. The second kappa shape index (κ2) is 5.95. The van der Waals surface area contributed by atoms with Gasteiger partial charge in [0.05, 0.1) is 0 Å². The van der Waals surface area contributed by atoms with Crippen molar-refractivity contribution < 1.29 is 4.79 Å². The molecule has 0 amide bonds. The number of thiazole rings is 1. The maximum Gasteiger partial charge on any atom is 0.178 e. The molecule has 0 spiro atoms. The fourth-order valence-corrected chi connectivity index (χ4v) is 1.87. The molecule has 0 radical (unpaired) electrons. The van der Waals surface area contributed by atoms with Crippen molar-refractivity contribution in [2.75, 3.05) is 7.05 Å². The second-order valence-electron chi connectivity index (χ2n) is 2.95. The molecule has 4 heteroatoms. The van der Waals surface area contributed by atoms with Crippen molar-refractivity contribution in [2.45, 2.75) is 6.92 Å². The molecule has 0 fully saturated rings. The zero-order valence-electron chi connectivity index (χ0n) is 9.23. The lowest BCUT2D eigenvalue weighted by molar-refractivity contribution is 0.101.